The summed E-state index contributed by atoms with van der Waals surface area (Å²) in [6.07, 6.45) is 6.06. The topological polar surface area (TPSA) is 137 Å². The van der Waals surface area contributed by atoms with E-state index in [1.54, 1.807) is 36.7 Å². The van der Waals surface area contributed by atoms with E-state index in [2.05, 4.69) is 20.3 Å². The number of sulfonamides is 1. The average Bonchev–Trinajstić information content (AvgIpc) is 3.28. The number of carboxylic acid groups (broad SMARTS) is 1. The number of fused-ring (bicyclic) bond motifs is 4. The Morgan fingerprint density at radius 2 is 1.66 bits per heavy atom. The third-order valence-corrected chi connectivity index (χ3v) is 9.88. The van der Waals surface area contributed by atoms with E-state index in [0.717, 1.165) is 15.6 Å². The number of nitrogens with one attached hydrogen (secondary N) is 3. The molecule has 184 valence electrons. The van der Waals surface area contributed by atoms with Gasteiger partial charge in [-0.3, -0.25) is 9.78 Å². The highest BCUT2D eigenvalue weighted by atomic mass is 32.2. The minimum Gasteiger partial charge on any atom is -0.465 e. The van der Waals surface area contributed by atoms with Gasteiger partial charge in [0.2, 0.25) is 10.0 Å². The van der Waals surface area contributed by atoms with Gasteiger partial charge in [0.1, 0.15) is 0 Å². The number of hydrogen-bond acceptors (Lipinski definition) is 6. The highest BCUT2D eigenvalue weighted by Gasteiger charge is 2.50. The number of rotatable bonds is 7. The quantitative estimate of drug-likeness (QED) is 0.380. The third kappa shape index (κ3) is 4.89. The van der Waals surface area contributed by atoms with Crippen molar-refractivity contribution in [2.24, 2.45) is 0 Å². The Morgan fingerprint density at radius 3 is 2.29 bits per heavy atom. The molecule has 9 nitrogen and oxygen atoms in total. The molecule has 0 unspecified atom stereocenters. The highest BCUT2D eigenvalue weighted by Crippen LogP contribution is 2.47. The minimum atomic E-state index is -3.73. The fourth-order valence-electron chi connectivity index (χ4n) is 5.15. The monoisotopic (exact) mass is 514 g/mol. The zero-order valence-corrected chi connectivity index (χ0v) is 20.5. The van der Waals surface area contributed by atoms with Gasteiger partial charge in [0, 0.05) is 30.0 Å². The van der Waals surface area contributed by atoms with E-state index in [1.165, 1.54) is 11.3 Å². The first-order valence-electron chi connectivity index (χ1n) is 11.4. The van der Waals surface area contributed by atoms with E-state index in [1.807, 2.05) is 12.1 Å². The smallest absolute Gasteiger partial charge is 0.405 e. The number of pyridine rings is 1. The molecule has 0 saturated heterocycles. The van der Waals surface area contributed by atoms with Gasteiger partial charge in [0.25, 0.3) is 5.91 Å². The summed E-state index contributed by atoms with van der Waals surface area (Å²) >= 11 is 1.38. The van der Waals surface area contributed by atoms with Crippen LogP contribution in [0, 0.1) is 0 Å². The van der Waals surface area contributed by atoms with Crippen molar-refractivity contribution in [3.63, 3.8) is 0 Å². The van der Waals surface area contributed by atoms with Crippen molar-refractivity contribution in [2.75, 3.05) is 0 Å². The number of carbonyl (C=O) groups is 2. The lowest BCUT2D eigenvalue weighted by atomic mass is 9.62. The van der Waals surface area contributed by atoms with Gasteiger partial charge in [-0.1, -0.05) is 12.1 Å². The summed E-state index contributed by atoms with van der Waals surface area (Å²) in [5.74, 6) is -0.188. The van der Waals surface area contributed by atoms with Crippen LogP contribution in [0.2, 0.25) is 0 Å². The van der Waals surface area contributed by atoms with Crippen LogP contribution in [0.15, 0.2) is 53.7 Å². The van der Waals surface area contributed by atoms with Crippen LogP contribution in [-0.4, -0.2) is 41.6 Å². The zero-order chi connectivity index (χ0) is 24.7. The van der Waals surface area contributed by atoms with Crippen LogP contribution in [0.5, 0.6) is 0 Å². The van der Waals surface area contributed by atoms with Crippen LogP contribution in [0.4, 0.5) is 4.79 Å². The second-order valence-corrected chi connectivity index (χ2v) is 12.2. The molecular formula is C24H26N4O5S2. The van der Waals surface area contributed by atoms with Gasteiger partial charge >= 0.3 is 6.09 Å². The summed E-state index contributed by atoms with van der Waals surface area (Å²) in [5.41, 5.74) is -0.177. The van der Waals surface area contributed by atoms with Gasteiger partial charge in [-0.2, -0.15) is 0 Å². The third-order valence-electron chi connectivity index (χ3n) is 7.20. The molecule has 35 heavy (non-hydrogen) atoms. The van der Waals surface area contributed by atoms with Crippen LogP contribution in [-0.2, 0) is 16.6 Å². The lowest BCUT2D eigenvalue weighted by Gasteiger charge is -2.53. The Kier molecular flexibility index (Phi) is 6.02. The predicted octanol–water partition coefficient (Wildman–Crippen LogP) is 3.62. The maximum absolute atomic E-state index is 13.1. The molecule has 3 aliphatic carbocycles. The standard InChI is InChI=1S/C24H26N4O5S2/c29-21(19-13-17-5-12-25-15-20(17)34-19)26-14-16-1-3-18(4-2-16)35(32,33)28-24-9-6-23(7-10-24,8-11-24)27-22(30)31/h1-5,12-13,15,27-28H,6-11,14H2,(H,26,29)(H,30,31). The van der Waals surface area contributed by atoms with E-state index >= 15 is 0 Å². The number of carbonyl (C=O) groups excluding carboxylic acids is 1. The summed E-state index contributed by atoms with van der Waals surface area (Å²) in [6.45, 7) is 0.279. The Bertz CT molecular complexity index is 1330. The van der Waals surface area contributed by atoms with Crippen LogP contribution in [0.3, 0.4) is 0 Å². The van der Waals surface area contributed by atoms with E-state index in [-0.39, 0.29) is 17.3 Å². The molecule has 11 heteroatoms. The van der Waals surface area contributed by atoms with Gasteiger partial charge < -0.3 is 15.7 Å². The van der Waals surface area contributed by atoms with Gasteiger partial charge in [0.05, 0.1) is 14.5 Å². The van der Waals surface area contributed by atoms with Crippen LogP contribution in [0.25, 0.3) is 10.1 Å². The van der Waals surface area contributed by atoms with Crippen molar-refractivity contribution in [1.82, 2.24) is 20.3 Å². The Hall–Kier alpha value is -3.02. The molecule has 3 aliphatic rings. The molecule has 4 N–H and O–H groups in total. The number of amides is 2. The molecule has 6 rings (SSSR count). The number of aromatic nitrogens is 1. The van der Waals surface area contributed by atoms with Gasteiger partial charge in [-0.15, -0.1) is 11.3 Å². The molecular weight excluding hydrogens is 488 g/mol. The van der Waals surface area contributed by atoms with E-state index in [9.17, 15) is 18.0 Å². The lowest BCUT2D eigenvalue weighted by molar-refractivity contribution is 0.0699. The Labute approximate surface area is 207 Å². The van der Waals surface area contributed by atoms with E-state index in [4.69, 9.17) is 5.11 Å². The first kappa shape index (κ1) is 23.7. The van der Waals surface area contributed by atoms with Crippen LogP contribution >= 0.6 is 11.3 Å². The maximum Gasteiger partial charge on any atom is 0.405 e. The molecule has 2 bridgehead atoms. The van der Waals surface area contributed by atoms with Gasteiger partial charge in [0.15, 0.2) is 0 Å². The molecule has 0 radical (unpaired) electrons. The first-order chi connectivity index (χ1) is 16.7. The number of thiophene rings is 1. The summed E-state index contributed by atoms with van der Waals surface area (Å²) in [4.78, 5) is 28.5. The van der Waals surface area contributed by atoms with E-state index < -0.39 is 27.2 Å². The second-order valence-electron chi connectivity index (χ2n) is 9.45. The number of nitrogens with zero attached hydrogens (tertiary/aromatic N) is 1. The average molecular weight is 515 g/mol. The lowest BCUT2D eigenvalue weighted by Crippen LogP contribution is -2.63. The SMILES string of the molecule is O=C(O)NC12CCC(NS(=O)(=O)c3ccc(CNC(=O)c4cc5ccncc5s4)cc3)(CC1)CC2. The number of hydrogen-bond donors (Lipinski definition) is 4. The van der Waals surface area contributed by atoms with Gasteiger partial charge in [-0.25, -0.2) is 17.9 Å². The maximum atomic E-state index is 13.1. The van der Waals surface area contributed by atoms with Crippen molar-refractivity contribution in [2.45, 2.75) is 61.0 Å². The Morgan fingerprint density at radius 1 is 1.00 bits per heavy atom. The molecule has 2 aromatic heterocycles. The molecule has 1 aromatic carbocycles. The second kappa shape index (κ2) is 8.89. The van der Waals surface area contributed by atoms with Crippen molar-refractivity contribution >= 4 is 43.4 Å². The number of benzene rings is 1. The van der Waals surface area contributed by atoms with Crippen molar-refractivity contribution in [3.8, 4) is 0 Å². The Balaban J connectivity index is 1.20. The van der Waals surface area contributed by atoms with Crippen LogP contribution < -0.4 is 15.4 Å². The first-order valence-corrected chi connectivity index (χ1v) is 13.7. The summed E-state index contributed by atoms with van der Waals surface area (Å²) in [6, 6.07) is 10.2. The summed E-state index contributed by atoms with van der Waals surface area (Å²) in [5, 5.41) is 15.6. The fourth-order valence-corrected chi connectivity index (χ4v) is 7.58. The summed E-state index contributed by atoms with van der Waals surface area (Å²) < 4.78 is 30.0. The van der Waals surface area contributed by atoms with Crippen molar-refractivity contribution in [3.05, 3.63) is 59.2 Å². The van der Waals surface area contributed by atoms with Crippen molar-refractivity contribution < 1.29 is 23.1 Å². The normalized spacial score (nSPS) is 23.8. The highest BCUT2D eigenvalue weighted by molar-refractivity contribution is 7.89. The summed E-state index contributed by atoms with van der Waals surface area (Å²) in [7, 11) is -3.73. The van der Waals surface area contributed by atoms with Crippen molar-refractivity contribution in [1.29, 1.82) is 0 Å². The molecule has 2 amide bonds. The molecule has 0 atom stereocenters. The fraction of sp³-hybridized carbons (Fsp3) is 0.375. The molecule has 0 aliphatic heterocycles. The molecule has 2 heterocycles. The molecule has 0 spiro atoms. The van der Waals surface area contributed by atoms with Gasteiger partial charge in [-0.05, 0) is 73.7 Å². The minimum absolute atomic E-state index is 0.171. The van der Waals surface area contributed by atoms with E-state index in [0.29, 0.717) is 43.4 Å². The predicted molar refractivity (Wildman–Crippen MR) is 132 cm³/mol. The van der Waals surface area contributed by atoms with Crippen LogP contribution in [0.1, 0.15) is 53.8 Å². The largest absolute Gasteiger partial charge is 0.465 e. The molecule has 3 aromatic rings. The molecule has 3 fully saturated rings. The molecule has 3 saturated carbocycles. The zero-order valence-electron chi connectivity index (χ0n) is 18.9.